The molecule has 0 saturated carbocycles. The zero-order chi connectivity index (χ0) is 13.7. The number of anilines is 1. The van der Waals surface area contributed by atoms with Gasteiger partial charge in [0.25, 0.3) is 0 Å². The van der Waals surface area contributed by atoms with Crippen molar-refractivity contribution in [3.63, 3.8) is 0 Å². The summed E-state index contributed by atoms with van der Waals surface area (Å²) in [4.78, 5) is 2.25. The van der Waals surface area contributed by atoms with Crippen LogP contribution in [0.2, 0.25) is 0 Å². The van der Waals surface area contributed by atoms with Crippen LogP contribution in [0.25, 0.3) is 0 Å². The number of ether oxygens (including phenoxy) is 1. The monoisotopic (exact) mass is 259 g/mol. The summed E-state index contributed by atoms with van der Waals surface area (Å²) < 4.78 is 5.71. The van der Waals surface area contributed by atoms with Gasteiger partial charge in [-0.3, -0.25) is 0 Å². The molecule has 0 spiro atoms. The van der Waals surface area contributed by atoms with E-state index in [1.807, 2.05) is 25.1 Å². The Labute approximate surface area is 114 Å². The highest BCUT2D eigenvalue weighted by molar-refractivity contribution is 5.60. The van der Waals surface area contributed by atoms with Crippen LogP contribution in [-0.4, -0.2) is 25.8 Å². The fourth-order valence-electron chi connectivity index (χ4n) is 2.60. The Hall–Kier alpha value is -1.57. The summed E-state index contributed by atoms with van der Waals surface area (Å²) in [5.74, 6) is 0. The molecule has 1 unspecified atom stereocenters. The molecule has 1 aliphatic heterocycles. The molecule has 4 heteroatoms. The third kappa shape index (κ3) is 3.25. The molecule has 1 aromatic carbocycles. The van der Waals surface area contributed by atoms with Gasteiger partial charge in [-0.15, -0.1) is 0 Å². The molecule has 1 heterocycles. The Bertz CT molecular complexity index is 465. The van der Waals surface area contributed by atoms with Crippen LogP contribution >= 0.6 is 0 Å². The first kappa shape index (κ1) is 13.9. The van der Waals surface area contributed by atoms with Crippen molar-refractivity contribution >= 4 is 5.69 Å². The Morgan fingerprint density at radius 3 is 3.05 bits per heavy atom. The minimum Gasteiger partial charge on any atom is -0.377 e. The zero-order valence-electron chi connectivity index (χ0n) is 11.4. The zero-order valence-corrected chi connectivity index (χ0v) is 11.4. The van der Waals surface area contributed by atoms with Gasteiger partial charge >= 0.3 is 0 Å². The van der Waals surface area contributed by atoms with E-state index >= 15 is 0 Å². The fourth-order valence-corrected chi connectivity index (χ4v) is 2.60. The predicted octanol–water partition coefficient (Wildman–Crippen LogP) is 2.02. The number of hydrogen-bond donors (Lipinski definition) is 1. The van der Waals surface area contributed by atoms with E-state index in [1.54, 1.807) is 0 Å². The van der Waals surface area contributed by atoms with Crippen LogP contribution in [-0.2, 0) is 11.3 Å². The second-order valence-electron chi connectivity index (χ2n) is 4.83. The topological polar surface area (TPSA) is 62.3 Å². The predicted molar refractivity (Wildman–Crippen MR) is 75.9 cm³/mol. The lowest BCUT2D eigenvalue weighted by Gasteiger charge is -2.34. The van der Waals surface area contributed by atoms with Gasteiger partial charge in [0.1, 0.15) is 6.07 Å². The van der Waals surface area contributed by atoms with Crippen molar-refractivity contribution in [2.75, 3.05) is 24.6 Å². The van der Waals surface area contributed by atoms with Gasteiger partial charge in [-0.25, -0.2) is 0 Å². The van der Waals surface area contributed by atoms with Gasteiger partial charge in [0.2, 0.25) is 0 Å². The summed E-state index contributed by atoms with van der Waals surface area (Å²) in [6.45, 7) is 5.09. The standard InChI is InChI=1S/C15H21N3O/c1-2-19-14-4-3-7-18(11-14)15-6-5-12(9-16)8-13(15)10-17/h5-6,8,14H,2-4,7,9,11,16H2,1H3. The smallest absolute Gasteiger partial charge is 0.101 e. The third-order valence-corrected chi connectivity index (χ3v) is 3.54. The lowest BCUT2D eigenvalue weighted by molar-refractivity contribution is 0.0526. The number of hydrogen-bond acceptors (Lipinski definition) is 4. The quantitative estimate of drug-likeness (QED) is 0.898. The Balaban J connectivity index is 2.19. The highest BCUT2D eigenvalue weighted by Gasteiger charge is 2.22. The summed E-state index contributed by atoms with van der Waals surface area (Å²) in [5, 5.41) is 9.29. The van der Waals surface area contributed by atoms with Crippen LogP contribution in [0.1, 0.15) is 30.9 Å². The largest absolute Gasteiger partial charge is 0.377 e. The molecular formula is C15H21N3O. The molecule has 0 amide bonds. The van der Waals surface area contributed by atoms with Crippen LogP contribution in [0.15, 0.2) is 18.2 Å². The lowest BCUT2D eigenvalue weighted by atomic mass is 10.0. The van der Waals surface area contributed by atoms with Gasteiger partial charge in [-0.05, 0) is 37.5 Å². The molecule has 4 nitrogen and oxygen atoms in total. The highest BCUT2D eigenvalue weighted by atomic mass is 16.5. The van der Waals surface area contributed by atoms with Crippen LogP contribution < -0.4 is 10.6 Å². The minimum atomic E-state index is 0.277. The highest BCUT2D eigenvalue weighted by Crippen LogP contribution is 2.25. The number of benzene rings is 1. The van der Waals surface area contributed by atoms with E-state index in [9.17, 15) is 5.26 Å². The molecule has 2 N–H and O–H groups in total. The SMILES string of the molecule is CCOC1CCCN(c2ccc(CN)cc2C#N)C1. The molecule has 102 valence electrons. The first-order valence-electron chi connectivity index (χ1n) is 6.88. The normalized spacial score (nSPS) is 19.2. The second kappa shape index (κ2) is 6.55. The maximum Gasteiger partial charge on any atom is 0.101 e. The van der Waals surface area contributed by atoms with Crippen molar-refractivity contribution in [3.8, 4) is 6.07 Å². The molecule has 1 aromatic rings. The molecule has 1 saturated heterocycles. The molecule has 0 bridgehead atoms. The summed E-state index contributed by atoms with van der Waals surface area (Å²) >= 11 is 0. The van der Waals surface area contributed by atoms with Crippen LogP contribution in [0.5, 0.6) is 0 Å². The summed E-state index contributed by atoms with van der Waals surface area (Å²) in [5.41, 5.74) is 8.33. The van der Waals surface area contributed by atoms with Gasteiger partial charge in [0.15, 0.2) is 0 Å². The van der Waals surface area contributed by atoms with Gasteiger partial charge in [0.05, 0.1) is 17.4 Å². The van der Waals surface area contributed by atoms with Crippen molar-refractivity contribution in [1.29, 1.82) is 5.26 Å². The molecule has 0 aliphatic carbocycles. The Morgan fingerprint density at radius 2 is 2.37 bits per heavy atom. The maximum atomic E-state index is 9.29. The van der Waals surface area contributed by atoms with Gasteiger partial charge in [0, 0.05) is 26.2 Å². The van der Waals surface area contributed by atoms with Crippen molar-refractivity contribution in [3.05, 3.63) is 29.3 Å². The summed E-state index contributed by atoms with van der Waals surface area (Å²) in [7, 11) is 0. The second-order valence-corrected chi connectivity index (χ2v) is 4.83. The first-order valence-corrected chi connectivity index (χ1v) is 6.88. The molecule has 1 atom stereocenters. The molecule has 2 rings (SSSR count). The van der Waals surface area contributed by atoms with E-state index in [1.165, 1.54) is 0 Å². The number of nitriles is 1. The number of rotatable bonds is 4. The first-order chi connectivity index (χ1) is 9.28. The maximum absolute atomic E-state index is 9.29. The number of piperidine rings is 1. The van der Waals surface area contributed by atoms with E-state index in [-0.39, 0.29) is 6.10 Å². The van der Waals surface area contributed by atoms with Crippen LogP contribution in [0, 0.1) is 11.3 Å². The van der Waals surface area contributed by atoms with Gasteiger partial charge in [-0.2, -0.15) is 5.26 Å². The van der Waals surface area contributed by atoms with Crippen molar-refractivity contribution in [1.82, 2.24) is 0 Å². The molecule has 0 aromatic heterocycles. The van der Waals surface area contributed by atoms with E-state index in [2.05, 4.69) is 11.0 Å². The summed E-state index contributed by atoms with van der Waals surface area (Å²) in [6, 6.07) is 8.17. The van der Waals surface area contributed by atoms with E-state index < -0.39 is 0 Å². The molecule has 19 heavy (non-hydrogen) atoms. The molecule has 0 radical (unpaired) electrons. The van der Waals surface area contributed by atoms with Crippen LogP contribution in [0.3, 0.4) is 0 Å². The van der Waals surface area contributed by atoms with Gasteiger partial charge in [-0.1, -0.05) is 6.07 Å². The van der Waals surface area contributed by atoms with Gasteiger partial charge < -0.3 is 15.4 Å². The lowest BCUT2D eigenvalue weighted by Crippen LogP contribution is -2.40. The van der Waals surface area contributed by atoms with Crippen molar-refractivity contribution in [2.45, 2.75) is 32.4 Å². The molecule has 1 aliphatic rings. The van der Waals surface area contributed by atoms with E-state index in [4.69, 9.17) is 10.5 Å². The molecular weight excluding hydrogens is 238 g/mol. The Kier molecular flexibility index (Phi) is 4.78. The number of nitrogens with two attached hydrogens (primary N) is 1. The number of nitrogens with zero attached hydrogens (tertiary/aromatic N) is 2. The molecule has 1 fully saturated rings. The van der Waals surface area contributed by atoms with Crippen molar-refractivity contribution in [2.24, 2.45) is 5.73 Å². The summed E-state index contributed by atoms with van der Waals surface area (Å²) in [6.07, 6.45) is 2.49. The fraction of sp³-hybridized carbons (Fsp3) is 0.533. The van der Waals surface area contributed by atoms with Crippen molar-refractivity contribution < 1.29 is 4.74 Å². The van der Waals surface area contributed by atoms with Crippen LogP contribution in [0.4, 0.5) is 5.69 Å². The Morgan fingerprint density at radius 1 is 1.53 bits per heavy atom. The van der Waals surface area contributed by atoms with E-state index in [0.717, 1.165) is 43.8 Å². The average Bonchev–Trinajstić information content (AvgIpc) is 2.47. The third-order valence-electron chi connectivity index (χ3n) is 3.54. The average molecular weight is 259 g/mol. The van der Waals surface area contributed by atoms with E-state index in [0.29, 0.717) is 12.1 Å². The minimum absolute atomic E-state index is 0.277.